The number of fused-ring (bicyclic) bond motifs is 1. The van der Waals surface area contributed by atoms with Gasteiger partial charge in [-0.25, -0.2) is 4.98 Å². The molecule has 0 radical (unpaired) electrons. The molecule has 5 heteroatoms. The van der Waals surface area contributed by atoms with Gasteiger partial charge >= 0.3 is 0 Å². The van der Waals surface area contributed by atoms with Gasteiger partial charge in [0.2, 0.25) is 5.91 Å². The second kappa shape index (κ2) is 11.2. The van der Waals surface area contributed by atoms with Crippen molar-refractivity contribution in [3.8, 4) is 0 Å². The number of hydrogen-bond acceptors (Lipinski definition) is 4. The Balaban J connectivity index is 1.51. The van der Waals surface area contributed by atoms with Crippen LogP contribution in [0, 0.1) is 6.92 Å². The first kappa shape index (κ1) is 22.4. The first-order valence-corrected chi connectivity index (χ1v) is 11.8. The number of carbonyl (C=O) groups excluding carboxylic acids is 1. The Hall–Kier alpha value is -2.24. The molecule has 0 saturated carbocycles. The predicted molar refractivity (Wildman–Crippen MR) is 127 cm³/mol. The van der Waals surface area contributed by atoms with Gasteiger partial charge in [0, 0.05) is 17.8 Å². The zero-order chi connectivity index (χ0) is 21.3. The van der Waals surface area contributed by atoms with Gasteiger partial charge in [0.15, 0.2) is 0 Å². The van der Waals surface area contributed by atoms with Crippen LogP contribution in [0.1, 0.15) is 47.8 Å². The fourth-order valence-corrected chi connectivity index (χ4v) is 4.87. The Bertz CT molecular complexity index is 957. The van der Waals surface area contributed by atoms with Crippen molar-refractivity contribution in [1.82, 2.24) is 15.2 Å². The van der Waals surface area contributed by atoms with E-state index in [0.29, 0.717) is 6.42 Å². The molecule has 3 rings (SSSR count). The smallest absolute Gasteiger partial charge is 0.225 e. The molecule has 30 heavy (non-hydrogen) atoms. The number of carbonyl (C=O) groups is 1. The minimum absolute atomic E-state index is 0.0984. The summed E-state index contributed by atoms with van der Waals surface area (Å²) in [5.41, 5.74) is 2.26. The second-order valence-electron chi connectivity index (χ2n) is 7.69. The third-order valence-electron chi connectivity index (χ3n) is 5.60. The molecule has 0 aliphatic heterocycles. The summed E-state index contributed by atoms with van der Waals surface area (Å²) in [6, 6.07) is 14.9. The van der Waals surface area contributed by atoms with Crippen LogP contribution in [0.25, 0.3) is 10.8 Å². The van der Waals surface area contributed by atoms with E-state index >= 15 is 0 Å². The Morgan fingerprint density at radius 3 is 2.63 bits per heavy atom. The number of rotatable bonds is 11. The molecule has 0 aliphatic rings. The van der Waals surface area contributed by atoms with Gasteiger partial charge < -0.3 is 10.2 Å². The summed E-state index contributed by atoms with van der Waals surface area (Å²) < 4.78 is 0. The van der Waals surface area contributed by atoms with Crippen LogP contribution in [0.2, 0.25) is 0 Å². The number of unbranched alkanes of at least 4 members (excludes halogenated alkanes) is 1. The maximum Gasteiger partial charge on any atom is 0.225 e. The van der Waals surface area contributed by atoms with Crippen LogP contribution in [-0.4, -0.2) is 42.0 Å². The summed E-state index contributed by atoms with van der Waals surface area (Å²) in [5.74, 6) is 0.0984. The van der Waals surface area contributed by atoms with E-state index in [0.717, 1.165) is 61.0 Å². The van der Waals surface area contributed by atoms with Crippen LogP contribution in [0.4, 0.5) is 0 Å². The number of nitrogens with one attached hydrogen (secondary N) is 1. The number of amides is 1. The summed E-state index contributed by atoms with van der Waals surface area (Å²) >= 11 is 1.67. The van der Waals surface area contributed by atoms with E-state index in [1.807, 2.05) is 6.92 Å². The standard InChI is InChI=1S/C25H33N3OS/c1-4-28(5-2)16-9-8-15-26-24(29)18-23-19(3)27-25(30-23)17-21-13-10-12-20-11-6-7-14-22(20)21/h6-7,10-14H,4-5,8-9,15-18H2,1-3H3,(H,26,29). The van der Waals surface area contributed by atoms with Crippen molar-refractivity contribution in [2.75, 3.05) is 26.2 Å². The minimum Gasteiger partial charge on any atom is -0.356 e. The number of aromatic nitrogens is 1. The quantitative estimate of drug-likeness (QED) is 0.443. The molecule has 3 aromatic rings. The molecule has 0 fully saturated rings. The average Bonchev–Trinajstić information content (AvgIpc) is 3.09. The van der Waals surface area contributed by atoms with Crippen molar-refractivity contribution in [3.63, 3.8) is 0 Å². The second-order valence-corrected chi connectivity index (χ2v) is 8.86. The van der Waals surface area contributed by atoms with Gasteiger partial charge in [-0.3, -0.25) is 4.79 Å². The van der Waals surface area contributed by atoms with Gasteiger partial charge in [-0.2, -0.15) is 0 Å². The van der Waals surface area contributed by atoms with Crippen LogP contribution in [0.15, 0.2) is 42.5 Å². The van der Waals surface area contributed by atoms with Crippen molar-refractivity contribution in [1.29, 1.82) is 0 Å². The van der Waals surface area contributed by atoms with E-state index < -0.39 is 0 Å². The molecule has 0 aliphatic carbocycles. The predicted octanol–water partition coefficient (Wildman–Crippen LogP) is 4.98. The highest BCUT2D eigenvalue weighted by Gasteiger charge is 2.13. The van der Waals surface area contributed by atoms with E-state index in [4.69, 9.17) is 4.98 Å². The van der Waals surface area contributed by atoms with Gasteiger partial charge in [-0.05, 0) is 55.7 Å². The lowest BCUT2D eigenvalue weighted by Gasteiger charge is -2.17. The van der Waals surface area contributed by atoms with Crippen LogP contribution in [-0.2, 0) is 17.6 Å². The SMILES string of the molecule is CCN(CC)CCCCNC(=O)Cc1sc(Cc2cccc3ccccc23)nc1C. The highest BCUT2D eigenvalue weighted by molar-refractivity contribution is 7.11. The highest BCUT2D eigenvalue weighted by atomic mass is 32.1. The number of nitrogens with zero attached hydrogens (tertiary/aromatic N) is 2. The lowest BCUT2D eigenvalue weighted by atomic mass is 10.0. The van der Waals surface area contributed by atoms with Crippen molar-refractivity contribution in [2.24, 2.45) is 0 Å². The summed E-state index contributed by atoms with van der Waals surface area (Å²) in [6.07, 6.45) is 3.38. The van der Waals surface area contributed by atoms with Gasteiger partial charge in [-0.15, -0.1) is 11.3 Å². The zero-order valence-electron chi connectivity index (χ0n) is 18.4. The van der Waals surface area contributed by atoms with E-state index in [-0.39, 0.29) is 5.91 Å². The zero-order valence-corrected chi connectivity index (χ0v) is 19.2. The number of thiazole rings is 1. The first-order chi connectivity index (χ1) is 14.6. The normalized spacial score (nSPS) is 11.3. The maximum atomic E-state index is 12.4. The number of hydrogen-bond donors (Lipinski definition) is 1. The molecular weight excluding hydrogens is 390 g/mol. The topological polar surface area (TPSA) is 45.2 Å². The lowest BCUT2D eigenvalue weighted by Crippen LogP contribution is -2.28. The maximum absolute atomic E-state index is 12.4. The van der Waals surface area contributed by atoms with Crippen LogP contribution in [0.3, 0.4) is 0 Å². The van der Waals surface area contributed by atoms with Crippen molar-refractivity contribution in [3.05, 3.63) is 63.6 Å². The minimum atomic E-state index is 0.0984. The molecule has 4 nitrogen and oxygen atoms in total. The Labute approximate surface area is 184 Å². The van der Waals surface area contributed by atoms with Gasteiger partial charge in [-0.1, -0.05) is 56.3 Å². The fraction of sp³-hybridized carbons (Fsp3) is 0.440. The first-order valence-electron chi connectivity index (χ1n) is 11.0. The molecule has 160 valence electrons. The van der Waals surface area contributed by atoms with E-state index in [9.17, 15) is 4.79 Å². The van der Waals surface area contributed by atoms with Gasteiger partial charge in [0.05, 0.1) is 17.1 Å². The molecular formula is C25H33N3OS. The molecule has 1 heterocycles. The molecule has 0 saturated heterocycles. The van der Waals surface area contributed by atoms with E-state index in [1.165, 1.54) is 16.3 Å². The van der Waals surface area contributed by atoms with Crippen LogP contribution in [0.5, 0.6) is 0 Å². The van der Waals surface area contributed by atoms with E-state index in [1.54, 1.807) is 11.3 Å². The molecule has 0 atom stereocenters. The molecule has 0 bridgehead atoms. The summed E-state index contributed by atoms with van der Waals surface area (Å²) in [5, 5.41) is 6.68. The third kappa shape index (κ3) is 6.13. The Morgan fingerprint density at radius 1 is 1.07 bits per heavy atom. The van der Waals surface area contributed by atoms with Crippen molar-refractivity contribution in [2.45, 2.75) is 46.5 Å². The van der Waals surface area contributed by atoms with Gasteiger partial charge in [0.25, 0.3) is 0 Å². The van der Waals surface area contributed by atoms with Crippen molar-refractivity contribution >= 4 is 28.0 Å². The lowest BCUT2D eigenvalue weighted by molar-refractivity contribution is -0.120. The van der Waals surface area contributed by atoms with Crippen LogP contribution >= 0.6 is 11.3 Å². The molecule has 0 spiro atoms. The average molecular weight is 424 g/mol. The largest absolute Gasteiger partial charge is 0.356 e. The summed E-state index contributed by atoms with van der Waals surface area (Å²) in [7, 11) is 0. The number of aryl methyl sites for hydroxylation is 1. The molecule has 1 N–H and O–H groups in total. The molecule has 1 amide bonds. The number of benzene rings is 2. The van der Waals surface area contributed by atoms with Crippen LogP contribution < -0.4 is 5.32 Å². The van der Waals surface area contributed by atoms with E-state index in [2.05, 4.69) is 66.5 Å². The monoisotopic (exact) mass is 423 g/mol. The van der Waals surface area contributed by atoms with Crippen molar-refractivity contribution < 1.29 is 4.79 Å². The molecule has 1 aromatic heterocycles. The third-order valence-corrected chi connectivity index (χ3v) is 6.75. The highest BCUT2D eigenvalue weighted by Crippen LogP contribution is 2.25. The Kier molecular flexibility index (Phi) is 8.40. The fourth-order valence-electron chi connectivity index (χ4n) is 3.77. The summed E-state index contributed by atoms with van der Waals surface area (Å²) in [6.45, 7) is 10.4. The molecule has 0 unspecified atom stereocenters. The molecule has 2 aromatic carbocycles. The summed E-state index contributed by atoms with van der Waals surface area (Å²) in [4.78, 5) is 20.6. The van der Waals surface area contributed by atoms with Gasteiger partial charge in [0.1, 0.15) is 0 Å². The Morgan fingerprint density at radius 2 is 1.83 bits per heavy atom.